The lowest BCUT2D eigenvalue weighted by atomic mass is 9.61. The van der Waals surface area contributed by atoms with E-state index in [2.05, 4.69) is 17.0 Å². The van der Waals surface area contributed by atoms with Crippen LogP contribution < -0.4 is 0 Å². The van der Waals surface area contributed by atoms with Crippen molar-refractivity contribution in [2.45, 2.75) is 88.9 Å². The maximum absolute atomic E-state index is 13.5. The molecule has 4 heterocycles. The highest BCUT2D eigenvalue weighted by molar-refractivity contribution is 7.23. The van der Waals surface area contributed by atoms with Crippen molar-refractivity contribution in [3.8, 4) is 15.8 Å². The number of allylic oxidation sites excluding steroid dienone is 2. The van der Waals surface area contributed by atoms with Crippen molar-refractivity contribution >= 4 is 58.5 Å². The molecular weight excluding hydrogens is 665 g/mol. The second kappa shape index (κ2) is 11.4. The van der Waals surface area contributed by atoms with E-state index in [0.29, 0.717) is 22.3 Å². The SMILES string of the molecule is [C-]#[N+]C1=C(C)/C(=C\c2cc3c(s2)-c2sc4c(c2C32CCCCC2)C2(CCCCC2)C(/C=C2/C(=O)N(C)C(=O)C(C#N)=C2C)=C4)C(=O)N(C)C1=O. The van der Waals surface area contributed by atoms with Gasteiger partial charge in [0.15, 0.2) is 0 Å². The Morgan fingerprint density at radius 1 is 0.780 bits per heavy atom. The van der Waals surface area contributed by atoms with E-state index in [4.69, 9.17) is 6.57 Å². The highest BCUT2D eigenvalue weighted by Crippen LogP contribution is 2.67. The molecule has 8 rings (SSSR count). The summed E-state index contributed by atoms with van der Waals surface area (Å²) in [7, 11) is 2.88. The Morgan fingerprint density at radius 2 is 1.38 bits per heavy atom. The number of likely N-dealkylation sites (N-methyl/N-ethyl adjacent to an activating group) is 2. The number of fused-ring (bicyclic) bond motifs is 8. The molecule has 0 saturated heterocycles. The molecule has 0 unspecified atom stereocenters. The van der Waals surface area contributed by atoms with Gasteiger partial charge in [0, 0.05) is 55.6 Å². The van der Waals surface area contributed by atoms with Crippen molar-refractivity contribution in [2.24, 2.45) is 0 Å². The Hall–Kier alpha value is -4.64. The quantitative estimate of drug-likeness (QED) is 0.180. The summed E-state index contributed by atoms with van der Waals surface area (Å²) in [5.74, 6) is -1.87. The van der Waals surface area contributed by atoms with Crippen LogP contribution in [0.25, 0.3) is 26.8 Å². The van der Waals surface area contributed by atoms with Gasteiger partial charge in [-0.2, -0.15) is 5.26 Å². The summed E-state index contributed by atoms with van der Waals surface area (Å²) >= 11 is 3.52. The molecule has 2 aromatic rings. The molecule has 2 saturated carbocycles. The lowest BCUT2D eigenvalue weighted by molar-refractivity contribution is -0.140. The van der Waals surface area contributed by atoms with Crippen LogP contribution in [0, 0.1) is 17.9 Å². The molecule has 10 heteroatoms. The van der Waals surface area contributed by atoms with Crippen molar-refractivity contribution in [1.82, 2.24) is 9.80 Å². The van der Waals surface area contributed by atoms with Gasteiger partial charge in [-0.15, -0.1) is 22.7 Å². The van der Waals surface area contributed by atoms with E-state index in [9.17, 15) is 24.4 Å². The highest BCUT2D eigenvalue weighted by Gasteiger charge is 2.54. The molecule has 0 aromatic carbocycles. The van der Waals surface area contributed by atoms with Gasteiger partial charge in [-0.1, -0.05) is 38.5 Å². The largest absolute Gasteiger partial charge is 0.287 e. The second-order valence-electron chi connectivity index (χ2n) is 14.5. The number of carbonyl (C=O) groups excluding carboxylic acids is 4. The number of hydrogen-bond donors (Lipinski definition) is 0. The first-order valence-electron chi connectivity index (χ1n) is 17.3. The molecule has 6 aliphatic rings. The fourth-order valence-electron chi connectivity index (χ4n) is 9.43. The Bertz CT molecular complexity index is 2230. The summed E-state index contributed by atoms with van der Waals surface area (Å²) in [4.78, 5) is 62.4. The van der Waals surface area contributed by atoms with E-state index < -0.39 is 11.8 Å². The average molecular weight is 701 g/mol. The van der Waals surface area contributed by atoms with Crippen LogP contribution in [-0.4, -0.2) is 47.5 Å². The van der Waals surface area contributed by atoms with E-state index in [1.807, 2.05) is 29.6 Å². The maximum Gasteiger partial charge on any atom is 0.271 e. The number of nitriles is 1. The minimum atomic E-state index is -0.558. The van der Waals surface area contributed by atoms with Crippen LogP contribution in [0.2, 0.25) is 0 Å². The summed E-state index contributed by atoms with van der Waals surface area (Å²) in [5.41, 5.74) is 6.63. The maximum atomic E-state index is 13.5. The first-order valence-corrected chi connectivity index (χ1v) is 18.9. The van der Waals surface area contributed by atoms with Gasteiger partial charge in [-0.3, -0.25) is 29.0 Å². The first kappa shape index (κ1) is 32.6. The molecule has 0 bridgehead atoms. The van der Waals surface area contributed by atoms with Crippen molar-refractivity contribution in [3.05, 3.63) is 89.1 Å². The van der Waals surface area contributed by atoms with Crippen LogP contribution in [0.3, 0.4) is 0 Å². The van der Waals surface area contributed by atoms with Gasteiger partial charge in [0.2, 0.25) is 0 Å². The van der Waals surface area contributed by atoms with Gasteiger partial charge < -0.3 is 0 Å². The smallest absolute Gasteiger partial charge is 0.271 e. The van der Waals surface area contributed by atoms with E-state index in [-0.39, 0.29) is 33.9 Å². The molecule has 2 fully saturated rings. The van der Waals surface area contributed by atoms with Gasteiger partial charge in [0.25, 0.3) is 29.3 Å². The number of rotatable bonds is 2. The standard InChI is InChI=1S/C40H36N4O4S2/c1-21-25(35(45)43(4)37(47)27(21)20-41)16-23-17-29-30(39(23)12-8-6-9-13-39)31-34(50-29)33-28(40(31)14-10-7-11-15-40)19-24(49-33)18-26-22(2)32(42-3)38(48)44(5)36(26)46/h16-19H,6-15H2,1-2,4-5H3/b25-16+,26-18+. The third kappa shape index (κ3) is 4.25. The number of nitrogens with zero attached hydrogens (tertiary/aromatic N) is 4. The average Bonchev–Trinajstić information content (AvgIpc) is 3.84. The lowest BCUT2D eigenvalue weighted by Crippen LogP contribution is -2.40. The third-order valence-electron chi connectivity index (χ3n) is 12.1. The Balaban J connectivity index is 1.30. The first-order chi connectivity index (χ1) is 24.0. The number of imide groups is 2. The normalized spacial score (nSPS) is 24.0. The van der Waals surface area contributed by atoms with Gasteiger partial charge in [-0.25, -0.2) is 4.85 Å². The molecule has 0 N–H and O–H groups in total. The Morgan fingerprint density at radius 3 is 2.00 bits per heavy atom. The molecule has 2 aliphatic heterocycles. The molecule has 252 valence electrons. The topological polar surface area (TPSA) is 103 Å². The van der Waals surface area contributed by atoms with Gasteiger partial charge in [0.05, 0.1) is 6.57 Å². The Kier molecular flexibility index (Phi) is 7.45. The van der Waals surface area contributed by atoms with Crippen LogP contribution in [-0.2, 0) is 30.0 Å². The zero-order valence-electron chi connectivity index (χ0n) is 28.6. The third-order valence-corrected chi connectivity index (χ3v) is 14.4. The number of amides is 4. The van der Waals surface area contributed by atoms with E-state index in [0.717, 1.165) is 71.6 Å². The van der Waals surface area contributed by atoms with Crippen LogP contribution >= 0.6 is 22.7 Å². The molecule has 0 atom stereocenters. The highest BCUT2D eigenvalue weighted by atomic mass is 32.1. The molecule has 4 aliphatic carbocycles. The van der Waals surface area contributed by atoms with Crippen LogP contribution in [0.1, 0.15) is 105 Å². The summed E-state index contributed by atoms with van der Waals surface area (Å²) < 4.78 is 0. The van der Waals surface area contributed by atoms with Crippen LogP contribution in [0.4, 0.5) is 0 Å². The van der Waals surface area contributed by atoms with E-state index in [1.165, 1.54) is 58.3 Å². The fraction of sp³-hybridized carbons (Fsp3) is 0.400. The predicted molar refractivity (Wildman–Crippen MR) is 193 cm³/mol. The zero-order chi connectivity index (χ0) is 35.3. The predicted octanol–water partition coefficient (Wildman–Crippen LogP) is 7.98. The van der Waals surface area contributed by atoms with Crippen molar-refractivity contribution in [1.29, 1.82) is 5.26 Å². The number of carbonyl (C=O) groups is 4. The van der Waals surface area contributed by atoms with E-state index >= 15 is 0 Å². The van der Waals surface area contributed by atoms with Gasteiger partial charge in [0.1, 0.15) is 11.6 Å². The van der Waals surface area contributed by atoms with Crippen molar-refractivity contribution in [3.63, 3.8) is 0 Å². The number of hydrogen-bond acceptors (Lipinski definition) is 7. The minimum absolute atomic E-state index is 0.0128. The molecule has 2 spiro atoms. The summed E-state index contributed by atoms with van der Waals surface area (Å²) in [6.45, 7) is 11.0. The Labute approximate surface area is 299 Å². The zero-order valence-corrected chi connectivity index (χ0v) is 30.3. The molecular formula is C40H36N4O4S2. The van der Waals surface area contributed by atoms with Gasteiger partial charge in [-0.05, 0) is 97.2 Å². The minimum Gasteiger partial charge on any atom is -0.287 e. The molecule has 50 heavy (non-hydrogen) atoms. The summed E-state index contributed by atoms with van der Waals surface area (Å²) in [6.07, 6.45) is 17.0. The van der Waals surface area contributed by atoms with Crippen LogP contribution in [0.5, 0.6) is 0 Å². The van der Waals surface area contributed by atoms with Crippen molar-refractivity contribution in [2.75, 3.05) is 14.1 Å². The molecule has 2 aromatic heterocycles. The van der Waals surface area contributed by atoms with Crippen molar-refractivity contribution < 1.29 is 19.2 Å². The second-order valence-corrected chi connectivity index (χ2v) is 16.6. The fourth-order valence-corrected chi connectivity index (χ4v) is 12.2. The van der Waals surface area contributed by atoms with Gasteiger partial charge >= 0.3 is 0 Å². The molecule has 0 radical (unpaired) electrons. The van der Waals surface area contributed by atoms with E-state index in [1.54, 1.807) is 25.2 Å². The molecule has 4 amide bonds. The summed E-state index contributed by atoms with van der Waals surface area (Å²) in [5, 5.41) is 9.80. The number of thiophene rings is 2. The monoisotopic (exact) mass is 700 g/mol. The van der Waals surface area contributed by atoms with Crippen LogP contribution in [0.15, 0.2) is 51.3 Å². The molecule has 8 nitrogen and oxygen atoms in total. The lowest BCUT2D eigenvalue weighted by Gasteiger charge is -2.42. The summed E-state index contributed by atoms with van der Waals surface area (Å²) in [6, 6.07) is 4.30.